The Morgan fingerprint density at radius 2 is 1.31 bits per heavy atom. The van der Waals surface area contributed by atoms with E-state index in [-0.39, 0.29) is 69.2 Å². The van der Waals surface area contributed by atoms with E-state index >= 15 is 0 Å². The number of unbranched alkanes of at least 4 members (excludes halogenated alkanes) is 5. The average Bonchev–Trinajstić information content (AvgIpc) is 4.05. The van der Waals surface area contributed by atoms with Gasteiger partial charge in [-0.05, 0) is 100 Å². The molecule has 7 N–H and O–H groups in total. The highest BCUT2D eigenvalue weighted by molar-refractivity contribution is 5.97. The zero-order valence-electron chi connectivity index (χ0n) is 45.6. The van der Waals surface area contributed by atoms with E-state index in [1.54, 1.807) is 19.1 Å². The summed E-state index contributed by atoms with van der Waals surface area (Å²) in [5, 5.41) is 35.9. The molecule has 3 aliphatic heterocycles. The van der Waals surface area contributed by atoms with Crippen molar-refractivity contribution in [2.75, 3.05) is 47.3 Å². The van der Waals surface area contributed by atoms with Crippen LogP contribution in [0.3, 0.4) is 0 Å². The van der Waals surface area contributed by atoms with Crippen molar-refractivity contribution < 1.29 is 48.3 Å². The van der Waals surface area contributed by atoms with Gasteiger partial charge >= 0.3 is 0 Å². The number of nitrogens with zero attached hydrogens (tertiary/aromatic N) is 3. The van der Waals surface area contributed by atoms with E-state index in [2.05, 4.69) is 47.4 Å². The molecule has 1 aromatic rings. The van der Waals surface area contributed by atoms with Gasteiger partial charge in [0.2, 0.25) is 41.4 Å². The molecule has 408 valence electrons. The number of aliphatic hydroxyl groups excluding tert-OH is 1. The van der Waals surface area contributed by atoms with Crippen molar-refractivity contribution >= 4 is 41.4 Å². The number of rotatable bonds is 21. The van der Waals surface area contributed by atoms with Crippen LogP contribution in [0.2, 0.25) is 0 Å². The molecule has 0 spiro atoms. The number of fused-ring (bicyclic) bond motifs is 2. The van der Waals surface area contributed by atoms with Crippen molar-refractivity contribution in [1.29, 1.82) is 0 Å². The maximum atomic E-state index is 14.5. The second-order valence-corrected chi connectivity index (χ2v) is 21.6. The number of quaternary nitrogens is 1. The average molecular weight is 1010 g/mol. The fraction of sp³-hybridized carbons (Fsp3) is 0.764. The lowest BCUT2D eigenvalue weighted by Crippen LogP contribution is -2.61. The van der Waals surface area contributed by atoms with Crippen molar-refractivity contribution in [1.82, 2.24) is 36.4 Å². The van der Waals surface area contributed by atoms with E-state index in [9.17, 15) is 43.8 Å². The molecule has 3 heterocycles. The molecule has 0 bridgehead atoms. The van der Waals surface area contributed by atoms with Crippen LogP contribution in [0.1, 0.15) is 169 Å². The SMILES string of the molecule is CC.CCC(C)CC(C)CCCCCCCCC(=O)NC1CCCNC(=O)C2CCCN2C(=O)C(CCC[N+](C)(C)C)NC(=O)C(C(O)Cc2ccc(O)cc2)NC(=O)C2CCCN2C(=O)C(CC)NC1=O. The molecule has 3 saturated heterocycles. The van der Waals surface area contributed by atoms with E-state index in [4.69, 9.17) is 0 Å². The summed E-state index contributed by atoms with van der Waals surface area (Å²) in [7, 11) is 6.06. The first-order chi connectivity index (χ1) is 34.3. The Balaban J connectivity index is 0.00000676. The molecule has 0 saturated carbocycles. The Kier molecular flexibility index (Phi) is 27.1. The summed E-state index contributed by atoms with van der Waals surface area (Å²) in [6, 6.07) is -0.438. The summed E-state index contributed by atoms with van der Waals surface area (Å²) in [6.07, 6.45) is 11.7. The number of aromatic hydroxyl groups is 1. The molecule has 9 unspecified atom stereocenters. The van der Waals surface area contributed by atoms with E-state index in [0.29, 0.717) is 61.7 Å². The van der Waals surface area contributed by atoms with Gasteiger partial charge in [0.1, 0.15) is 42.0 Å². The van der Waals surface area contributed by atoms with Gasteiger partial charge in [0.25, 0.3) is 0 Å². The molecule has 9 atom stereocenters. The predicted molar refractivity (Wildman–Crippen MR) is 281 cm³/mol. The Morgan fingerprint density at radius 1 is 0.722 bits per heavy atom. The number of phenolic OH excluding ortho intramolecular Hbond substituents is 1. The molecule has 17 heteroatoms. The third-order valence-corrected chi connectivity index (χ3v) is 14.5. The van der Waals surface area contributed by atoms with Crippen molar-refractivity contribution in [3.8, 4) is 5.75 Å². The summed E-state index contributed by atoms with van der Waals surface area (Å²) < 4.78 is 0.604. The highest BCUT2D eigenvalue weighted by Gasteiger charge is 2.42. The standard InChI is InChI=1S/C53H88N8O9.C2H6/c1-8-36(3)34-37(4)20-14-12-10-11-13-15-25-46(64)55-41-21-16-30-54-49(66)43-23-17-31-59(43)53(70)42(22-19-33-61(5,6)7)57-51(68)47(45(63)35-38-26-28-39(62)29-27-38)58-50(67)44-24-18-32-60(44)52(69)40(9-2)56-48(41)65;1-2/h26-29,36-37,40-45,47,63H,8-25,30-35H2,1-7H3,(H5-,54,55,56,57,58,62,64,65,66,67,68);1-2H3/p+1. The predicted octanol–water partition coefficient (Wildman–Crippen LogP) is 5.24. The lowest BCUT2D eigenvalue weighted by molar-refractivity contribution is -0.870. The summed E-state index contributed by atoms with van der Waals surface area (Å²) in [5.41, 5.74) is 0.573. The minimum Gasteiger partial charge on any atom is -0.508 e. The monoisotopic (exact) mass is 1010 g/mol. The largest absolute Gasteiger partial charge is 0.508 e. The number of carbonyl (C=O) groups is 7. The number of amides is 7. The molecular weight excluding hydrogens is 917 g/mol. The number of carbonyl (C=O) groups excluding carboxylic acids is 7. The number of hydrogen-bond acceptors (Lipinski definition) is 9. The molecule has 17 nitrogen and oxygen atoms in total. The lowest BCUT2D eigenvalue weighted by Gasteiger charge is -2.32. The molecule has 0 aromatic heterocycles. The van der Waals surface area contributed by atoms with Crippen LogP contribution in [0.25, 0.3) is 0 Å². The fourth-order valence-electron chi connectivity index (χ4n) is 10.1. The fourth-order valence-corrected chi connectivity index (χ4v) is 10.1. The normalized spacial score (nSPS) is 24.2. The Hall–Kier alpha value is -4.77. The topological polar surface area (TPSA) is 227 Å². The highest BCUT2D eigenvalue weighted by atomic mass is 16.3. The molecular formula is C55H95N8O9+. The van der Waals surface area contributed by atoms with Gasteiger partial charge in [0, 0.05) is 32.5 Å². The first kappa shape index (κ1) is 61.5. The maximum Gasteiger partial charge on any atom is 0.245 e. The molecule has 72 heavy (non-hydrogen) atoms. The van der Waals surface area contributed by atoms with Crippen molar-refractivity contribution in [2.45, 2.75) is 212 Å². The van der Waals surface area contributed by atoms with E-state index < -0.39 is 71.9 Å². The highest BCUT2D eigenvalue weighted by Crippen LogP contribution is 2.24. The van der Waals surface area contributed by atoms with Crippen LogP contribution < -0.4 is 26.6 Å². The Morgan fingerprint density at radius 3 is 1.92 bits per heavy atom. The summed E-state index contributed by atoms with van der Waals surface area (Å²) in [5.74, 6) is -2.10. The van der Waals surface area contributed by atoms with Crippen LogP contribution in [0.4, 0.5) is 0 Å². The van der Waals surface area contributed by atoms with Crippen LogP contribution >= 0.6 is 0 Å². The zero-order valence-corrected chi connectivity index (χ0v) is 45.6. The van der Waals surface area contributed by atoms with Gasteiger partial charge < -0.3 is 51.1 Å². The number of nitrogens with one attached hydrogen (secondary N) is 5. The van der Waals surface area contributed by atoms with Gasteiger partial charge in [-0.25, -0.2) is 0 Å². The van der Waals surface area contributed by atoms with Gasteiger partial charge in [0.15, 0.2) is 0 Å². The van der Waals surface area contributed by atoms with Crippen LogP contribution in [-0.4, -0.2) is 156 Å². The van der Waals surface area contributed by atoms with Crippen molar-refractivity contribution in [3.63, 3.8) is 0 Å². The number of aliphatic hydroxyl groups is 1. The smallest absolute Gasteiger partial charge is 0.245 e. The Labute approximate surface area is 431 Å². The van der Waals surface area contributed by atoms with Crippen molar-refractivity contribution in [3.05, 3.63) is 29.8 Å². The minimum atomic E-state index is -1.57. The second-order valence-electron chi connectivity index (χ2n) is 21.6. The Bertz CT molecular complexity index is 1860. The first-order valence-electron chi connectivity index (χ1n) is 27.7. The van der Waals surface area contributed by atoms with E-state index in [1.807, 2.05) is 35.0 Å². The third kappa shape index (κ3) is 20.6. The van der Waals surface area contributed by atoms with Crippen LogP contribution in [0.5, 0.6) is 5.75 Å². The van der Waals surface area contributed by atoms with E-state index in [1.165, 1.54) is 54.0 Å². The van der Waals surface area contributed by atoms with Crippen LogP contribution in [-0.2, 0) is 40.0 Å². The minimum absolute atomic E-state index is 0.0128. The van der Waals surface area contributed by atoms with Gasteiger partial charge in [-0.15, -0.1) is 0 Å². The maximum absolute atomic E-state index is 14.5. The lowest BCUT2D eigenvalue weighted by atomic mass is 9.91. The van der Waals surface area contributed by atoms with Crippen LogP contribution in [0, 0.1) is 11.8 Å². The molecule has 1 aromatic carbocycles. The molecule has 3 aliphatic rings. The van der Waals surface area contributed by atoms with Crippen LogP contribution in [0.15, 0.2) is 24.3 Å². The van der Waals surface area contributed by atoms with Gasteiger partial charge in [-0.3, -0.25) is 33.6 Å². The summed E-state index contributed by atoms with van der Waals surface area (Å²) in [4.78, 5) is 102. The molecule has 3 fully saturated rings. The zero-order chi connectivity index (χ0) is 53.4. The number of hydrogen-bond donors (Lipinski definition) is 7. The van der Waals surface area contributed by atoms with Gasteiger partial charge in [-0.1, -0.05) is 98.6 Å². The molecule has 0 aliphatic carbocycles. The second kappa shape index (κ2) is 31.7. The summed E-state index contributed by atoms with van der Waals surface area (Å²) in [6.45, 7) is 14.0. The number of benzene rings is 1. The van der Waals surface area contributed by atoms with Crippen molar-refractivity contribution in [2.24, 2.45) is 11.8 Å². The number of phenols is 1. The molecule has 7 amide bonds. The van der Waals surface area contributed by atoms with Gasteiger partial charge in [0.05, 0.1) is 33.8 Å². The third-order valence-electron chi connectivity index (χ3n) is 14.5. The van der Waals surface area contributed by atoms with Gasteiger partial charge in [-0.2, -0.15) is 0 Å². The molecule has 4 rings (SSSR count). The van der Waals surface area contributed by atoms with E-state index in [0.717, 1.165) is 31.1 Å². The first-order valence-corrected chi connectivity index (χ1v) is 27.7. The molecule has 0 radical (unpaired) electrons. The summed E-state index contributed by atoms with van der Waals surface area (Å²) >= 11 is 0. The quantitative estimate of drug-likeness (QED) is 0.0631.